The lowest BCUT2D eigenvalue weighted by Gasteiger charge is -2.23. The number of benzene rings is 1. The summed E-state index contributed by atoms with van der Waals surface area (Å²) in [4.78, 5) is 13.1. The zero-order chi connectivity index (χ0) is 13.7. The number of hydrogen-bond acceptors (Lipinski definition) is 3. The van der Waals surface area contributed by atoms with Crippen molar-refractivity contribution >= 4 is 17.3 Å². The fraction of sp³-hybridized carbons (Fsp3) is 0.417. The molecule has 0 aliphatic heterocycles. The predicted octanol–water partition coefficient (Wildman–Crippen LogP) is 1.79. The van der Waals surface area contributed by atoms with Crippen LogP contribution in [0.5, 0.6) is 0 Å². The molecule has 6 heteroatoms. The summed E-state index contributed by atoms with van der Waals surface area (Å²) in [6, 6.07) is 6.00. The topological polar surface area (TPSA) is 58.4 Å². The second-order valence-electron chi connectivity index (χ2n) is 4.12. The van der Waals surface area contributed by atoms with Gasteiger partial charge in [0.2, 0.25) is 5.91 Å². The third kappa shape index (κ3) is 4.29. The zero-order valence-electron chi connectivity index (χ0n) is 10.4. The number of carbonyl (C=O) groups is 1. The largest absolute Gasteiger partial charge is 0.399 e. The minimum Gasteiger partial charge on any atom is -0.399 e. The molecule has 0 aromatic heterocycles. The van der Waals surface area contributed by atoms with Crippen LogP contribution in [0.4, 0.5) is 20.2 Å². The Balaban J connectivity index is 2.56. The molecule has 4 nitrogen and oxygen atoms in total. The van der Waals surface area contributed by atoms with Crippen LogP contribution in [-0.2, 0) is 4.79 Å². The lowest BCUT2D eigenvalue weighted by molar-refractivity contribution is -0.120. The van der Waals surface area contributed by atoms with Crippen LogP contribution in [0.3, 0.4) is 0 Å². The van der Waals surface area contributed by atoms with E-state index in [4.69, 9.17) is 5.73 Å². The van der Waals surface area contributed by atoms with Crippen LogP contribution in [0.2, 0.25) is 0 Å². The van der Waals surface area contributed by atoms with Gasteiger partial charge in [-0.2, -0.15) is 0 Å². The minimum atomic E-state index is -2.46. The molecule has 1 aromatic carbocycles. The molecule has 0 aliphatic carbocycles. The highest BCUT2D eigenvalue weighted by atomic mass is 19.3. The van der Waals surface area contributed by atoms with E-state index in [0.717, 1.165) is 0 Å². The van der Waals surface area contributed by atoms with E-state index >= 15 is 0 Å². The van der Waals surface area contributed by atoms with Crippen LogP contribution >= 0.6 is 0 Å². The van der Waals surface area contributed by atoms with Crippen molar-refractivity contribution in [2.24, 2.45) is 0 Å². The van der Waals surface area contributed by atoms with Gasteiger partial charge < -0.3 is 11.1 Å². The molecule has 3 N–H and O–H groups in total. The van der Waals surface area contributed by atoms with E-state index in [1.807, 2.05) is 0 Å². The molecule has 0 aliphatic rings. The van der Waals surface area contributed by atoms with Gasteiger partial charge in [0.05, 0.1) is 12.6 Å². The van der Waals surface area contributed by atoms with Gasteiger partial charge >= 0.3 is 0 Å². The van der Waals surface area contributed by atoms with Gasteiger partial charge in [-0.25, -0.2) is 8.78 Å². The summed E-state index contributed by atoms with van der Waals surface area (Å²) in [6.45, 7) is 1.14. The van der Waals surface area contributed by atoms with Crippen molar-refractivity contribution in [2.75, 3.05) is 24.6 Å². The van der Waals surface area contributed by atoms with Gasteiger partial charge in [0.25, 0.3) is 6.43 Å². The Bertz CT molecular complexity index is 395. The summed E-state index contributed by atoms with van der Waals surface area (Å²) in [5.41, 5.74) is 6.70. The zero-order valence-corrected chi connectivity index (χ0v) is 10.4. The normalized spacial score (nSPS) is 12.8. The van der Waals surface area contributed by atoms with E-state index in [0.29, 0.717) is 11.4 Å². The SMILES string of the molecule is CC(C(=O)Nc1ccc(N)cc1)N(C)CC(F)F. The van der Waals surface area contributed by atoms with Gasteiger partial charge in [0, 0.05) is 11.4 Å². The molecule has 18 heavy (non-hydrogen) atoms. The second-order valence-corrected chi connectivity index (χ2v) is 4.12. The first-order valence-corrected chi connectivity index (χ1v) is 5.55. The average Bonchev–Trinajstić information content (AvgIpc) is 2.30. The smallest absolute Gasteiger partial charge is 0.251 e. The molecule has 0 spiro atoms. The Hall–Kier alpha value is -1.69. The van der Waals surface area contributed by atoms with E-state index in [-0.39, 0.29) is 5.91 Å². The molecule has 1 unspecified atom stereocenters. The maximum Gasteiger partial charge on any atom is 0.251 e. The number of nitrogens with zero attached hydrogens (tertiary/aromatic N) is 1. The third-order valence-corrected chi connectivity index (χ3v) is 2.64. The van der Waals surface area contributed by atoms with Crippen molar-refractivity contribution in [3.63, 3.8) is 0 Å². The van der Waals surface area contributed by atoms with Crippen molar-refractivity contribution in [3.05, 3.63) is 24.3 Å². The van der Waals surface area contributed by atoms with E-state index in [1.54, 1.807) is 31.2 Å². The number of nitrogens with one attached hydrogen (secondary N) is 1. The van der Waals surface area contributed by atoms with Crippen molar-refractivity contribution in [3.8, 4) is 0 Å². The molecule has 1 amide bonds. The third-order valence-electron chi connectivity index (χ3n) is 2.64. The number of amides is 1. The lowest BCUT2D eigenvalue weighted by atomic mass is 10.2. The number of alkyl halides is 2. The first kappa shape index (κ1) is 14.4. The number of nitrogen functional groups attached to an aromatic ring is 1. The van der Waals surface area contributed by atoms with Crippen molar-refractivity contribution in [2.45, 2.75) is 19.4 Å². The summed E-state index contributed by atoms with van der Waals surface area (Å²) < 4.78 is 24.4. The molecule has 0 bridgehead atoms. The van der Waals surface area contributed by atoms with Crippen molar-refractivity contribution in [1.29, 1.82) is 0 Å². The Morgan fingerprint density at radius 3 is 2.44 bits per heavy atom. The Morgan fingerprint density at radius 1 is 1.39 bits per heavy atom. The van der Waals surface area contributed by atoms with Crippen LogP contribution in [0.15, 0.2) is 24.3 Å². The highest BCUT2D eigenvalue weighted by Crippen LogP contribution is 2.11. The van der Waals surface area contributed by atoms with Crippen molar-refractivity contribution < 1.29 is 13.6 Å². The quantitative estimate of drug-likeness (QED) is 0.791. The average molecular weight is 257 g/mol. The van der Waals surface area contributed by atoms with Gasteiger partial charge in [-0.3, -0.25) is 9.69 Å². The molecule has 1 atom stereocenters. The Labute approximate surface area is 105 Å². The first-order valence-electron chi connectivity index (χ1n) is 5.55. The fourth-order valence-electron chi connectivity index (χ4n) is 1.39. The van der Waals surface area contributed by atoms with E-state index in [9.17, 15) is 13.6 Å². The molecule has 0 saturated heterocycles. The standard InChI is InChI=1S/C12H17F2N3O/c1-8(17(2)7-11(13)14)12(18)16-10-5-3-9(15)4-6-10/h3-6,8,11H,7,15H2,1-2H3,(H,16,18). The number of halogens is 2. The van der Waals surface area contributed by atoms with Gasteiger partial charge in [-0.05, 0) is 38.2 Å². The van der Waals surface area contributed by atoms with Crippen LogP contribution in [0.1, 0.15) is 6.92 Å². The molecular formula is C12H17F2N3O. The summed E-state index contributed by atoms with van der Waals surface area (Å²) in [6.07, 6.45) is -2.46. The number of anilines is 2. The molecule has 100 valence electrons. The van der Waals surface area contributed by atoms with E-state index in [1.165, 1.54) is 11.9 Å². The number of likely N-dealkylation sites (N-methyl/N-ethyl adjacent to an activating group) is 1. The molecular weight excluding hydrogens is 240 g/mol. The van der Waals surface area contributed by atoms with Gasteiger partial charge in [0.1, 0.15) is 0 Å². The highest BCUT2D eigenvalue weighted by Gasteiger charge is 2.20. The number of rotatable bonds is 5. The molecule has 0 saturated carbocycles. The molecule has 0 heterocycles. The lowest BCUT2D eigenvalue weighted by Crippen LogP contribution is -2.41. The van der Waals surface area contributed by atoms with Crippen LogP contribution in [0.25, 0.3) is 0 Å². The monoisotopic (exact) mass is 257 g/mol. The highest BCUT2D eigenvalue weighted by molar-refractivity contribution is 5.94. The number of nitrogens with two attached hydrogens (primary N) is 1. The van der Waals surface area contributed by atoms with Crippen LogP contribution in [0, 0.1) is 0 Å². The van der Waals surface area contributed by atoms with E-state index < -0.39 is 19.0 Å². The van der Waals surface area contributed by atoms with Crippen molar-refractivity contribution in [1.82, 2.24) is 4.90 Å². The predicted molar refractivity (Wildman–Crippen MR) is 67.6 cm³/mol. The Morgan fingerprint density at radius 2 is 1.94 bits per heavy atom. The maximum absolute atomic E-state index is 12.2. The van der Waals surface area contributed by atoms with Gasteiger partial charge in [0.15, 0.2) is 0 Å². The molecule has 1 aromatic rings. The summed E-state index contributed by atoms with van der Waals surface area (Å²) in [5, 5.41) is 2.64. The van der Waals surface area contributed by atoms with Crippen LogP contribution < -0.4 is 11.1 Å². The van der Waals surface area contributed by atoms with Gasteiger partial charge in [-0.15, -0.1) is 0 Å². The number of hydrogen-bond donors (Lipinski definition) is 2. The molecule has 1 rings (SSSR count). The van der Waals surface area contributed by atoms with E-state index in [2.05, 4.69) is 5.32 Å². The second kappa shape index (κ2) is 6.30. The van der Waals surface area contributed by atoms with Crippen LogP contribution in [-0.4, -0.2) is 36.9 Å². The summed E-state index contributed by atoms with van der Waals surface area (Å²) >= 11 is 0. The fourth-order valence-corrected chi connectivity index (χ4v) is 1.39. The maximum atomic E-state index is 12.2. The Kier molecular flexibility index (Phi) is 5.03. The summed E-state index contributed by atoms with van der Waals surface area (Å²) in [5.74, 6) is -0.331. The van der Waals surface area contributed by atoms with Gasteiger partial charge in [-0.1, -0.05) is 0 Å². The number of carbonyl (C=O) groups excluding carboxylic acids is 1. The first-order chi connectivity index (χ1) is 8.40. The molecule has 0 fully saturated rings. The molecule has 0 radical (unpaired) electrons. The minimum absolute atomic E-state index is 0.331. The summed E-state index contributed by atoms with van der Waals surface area (Å²) in [7, 11) is 1.49.